The Kier molecular flexibility index (Phi) is 3.76. The molecule has 2 aromatic carbocycles. The molecule has 1 unspecified atom stereocenters. The quantitative estimate of drug-likeness (QED) is 0.892. The van der Waals surface area contributed by atoms with Crippen LogP contribution in [-0.2, 0) is 6.54 Å². The van der Waals surface area contributed by atoms with Crippen LogP contribution in [0.5, 0.6) is 5.75 Å². The molecule has 0 fully saturated rings. The summed E-state index contributed by atoms with van der Waals surface area (Å²) >= 11 is 1.93. The Morgan fingerprint density at radius 3 is 2.79 bits per heavy atom. The fourth-order valence-electron chi connectivity index (χ4n) is 2.45. The molecule has 3 rings (SSSR count). The lowest BCUT2D eigenvalue weighted by atomic mass is 10.0. The summed E-state index contributed by atoms with van der Waals surface area (Å²) in [6, 6.07) is 16.5. The van der Waals surface area contributed by atoms with Crippen molar-refractivity contribution in [3.63, 3.8) is 0 Å². The van der Waals surface area contributed by atoms with Crippen LogP contribution in [0.4, 0.5) is 0 Å². The summed E-state index contributed by atoms with van der Waals surface area (Å²) in [6.45, 7) is 0.705. The summed E-state index contributed by atoms with van der Waals surface area (Å²) in [5, 5.41) is 13.4. The van der Waals surface area contributed by atoms with E-state index in [2.05, 4.69) is 29.6 Å². The van der Waals surface area contributed by atoms with Crippen LogP contribution in [0.3, 0.4) is 0 Å². The smallest absolute Gasteiger partial charge is 0.120 e. The number of rotatable bonds is 3. The number of benzene rings is 2. The molecule has 0 saturated heterocycles. The van der Waals surface area contributed by atoms with Crippen molar-refractivity contribution in [1.82, 2.24) is 5.32 Å². The molecule has 2 nitrogen and oxygen atoms in total. The van der Waals surface area contributed by atoms with Crippen molar-refractivity contribution in [3.8, 4) is 5.75 Å². The van der Waals surface area contributed by atoms with Crippen molar-refractivity contribution in [2.45, 2.75) is 23.9 Å². The predicted molar refractivity (Wildman–Crippen MR) is 79.5 cm³/mol. The predicted octanol–water partition coefficient (Wildman–Crippen LogP) is 3.72. The lowest BCUT2D eigenvalue weighted by molar-refractivity contribution is 0.453. The minimum atomic E-state index is 0.369. The minimum absolute atomic E-state index is 0.369. The maximum Gasteiger partial charge on any atom is 0.120 e. The highest BCUT2D eigenvalue weighted by atomic mass is 32.2. The minimum Gasteiger partial charge on any atom is -0.508 e. The number of hydrogen-bond donors (Lipinski definition) is 2. The topological polar surface area (TPSA) is 32.3 Å². The first-order valence-electron chi connectivity index (χ1n) is 6.56. The molecule has 2 N–H and O–H groups in total. The van der Waals surface area contributed by atoms with Crippen LogP contribution in [0.1, 0.15) is 23.6 Å². The molecule has 1 atom stereocenters. The molecule has 3 heteroatoms. The van der Waals surface area contributed by atoms with E-state index in [1.165, 1.54) is 10.5 Å². The SMILES string of the molecule is Oc1ccccc1CNC1CCSc2ccccc21. The van der Waals surface area contributed by atoms with E-state index in [1.54, 1.807) is 6.07 Å². The monoisotopic (exact) mass is 271 g/mol. The number of hydrogen-bond acceptors (Lipinski definition) is 3. The molecule has 1 aliphatic heterocycles. The molecule has 0 aromatic heterocycles. The molecule has 0 spiro atoms. The van der Waals surface area contributed by atoms with Gasteiger partial charge in [0, 0.05) is 23.0 Å². The lowest BCUT2D eigenvalue weighted by Gasteiger charge is -2.26. The van der Waals surface area contributed by atoms with E-state index in [9.17, 15) is 5.11 Å². The van der Waals surface area contributed by atoms with Crippen molar-refractivity contribution in [1.29, 1.82) is 0 Å². The maximum absolute atomic E-state index is 9.79. The third-order valence-corrected chi connectivity index (χ3v) is 4.61. The number of nitrogens with one attached hydrogen (secondary N) is 1. The van der Waals surface area contributed by atoms with E-state index in [0.29, 0.717) is 18.3 Å². The fourth-order valence-corrected chi connectivity index (χ4v) is 3.57. The van der Waals surface area contributed by atoms with E-state index in [0.717, 1.165) is 17.7 Å². The third kappa shape index (κ3) is 2.77. The average molecular weight is 271 g/mol. The lowest BCUT2D eigenvalue weighted by Crippen LogP contribution is -2.24. The van der Waals surface area contributed by atoms with Crippen LogP contribution in [0, 0.1) is 0 Å². The van der Waals surface area contributed by atoms with Gasteiger partial charge in [-0.3, -0.25) is 0 Å². The molecule has 98 valence electrons. The first kappa shape index (κ1) is 12.6. The van der Waals surface area contributed by atoms with Crippen LogP contribution in [-0.4, -0.2) is 10.9 Å². The zero-order valence-corrected chi connectivity index (χ0v) is 11.5. The Hall–Kier alpha value is -1.45. The summed E-state index contributed by atoms with van der Waals surface area (Å²) in [7, 11) is 0. The summed E-state index contributed by atoms with van der Waals surface area (Å²) in [5.41, 5.74) is 2.34. The molecule has 1 heterocycles. The second-order valence-corrected chi connectivity index (χ2v) is 5.87. The van der Waals surface area contributed by atoms with Gasteiger partial charge in [-0.15, -0.1) is 11.8 Å². The first-order valence-corrected chi connectivity index (χ1v) is 7.55. The van der Waals surface area contributed by atoms with Gasteiger partial charge in [0.15, 0.2) is 0 Å². The summed E-state index contributed by atoms with van der Waals surface area (Å²) in [4.78, 5) is 1.38. The molecule has 0 aliphatic carbocycles. The average Bonchev–Trinajstić information content (AvgIpc) is 2.46. The van der Waals surface area contributed by atoms with Crippen molar-refractivity contribution >= 4 is 11.8 Å². The van der Waals surface area contributed by atoms with Gasteiger partial charge in [-0.05, 0) is 29.9 Å². The van der Waals surface area contributed by atoms with E-state index in [1.807, 2.05) is 30.0 Å². The van der Waals surface area contributed by atoms with Crippen molar-refractivity contribution < 1.29 is 5.11 Å². The Morgan fingerprint density at radius 2 is 1.89 bits per heavy atom. The summed E-state index contributed by atoms with van der Waals surface area (Å²) in [6.07, 6.45) is 1.13. The maximum atomic E-state index is 9.79. The highest BCUT2D eigenvalue weighted by Gasteiger charge is 2.19. The molecular weight excluding hydrogens is 254 g/mol. The highest BCUT2D eigenvalue weighted by Crippen LogP contribution is 2.36. The molecule has 0 radical (unpaired) electrons. The third-order valence-electron chi connectivity index (χ3n) is 3.49. The van der Waals surface area contributed by atoms with Gasteiger partial charge in [0.05, 0.1) is 0 Å². The highest BCUT2D eigenvalue weighted by molar-refractivity contribution is 7.99. The first-order chi connectivity index (χ1) is 9.34. The Bertz CT molecular complexity index is 570. The van der Waals surface area contributed by atoms with Crippen molar-refractivity contribution in [3.05, 3.63) is 59.7 Å². The van der Waals surface area contributed by atoms with Crippen molar-refractivity contribution in [2.24, 2.45) is 0 Å². The van der Waals surface area contributed by atoms with Crippen LogP contribution in [0.2, 0.25) is 0 Å². The van der Waals surface area contributed by atoms with Gasteiger partial charge >= 0.3 is 0 Å². The van der Waals surface area contributed by atoms with Gasteiger partial charge in [-0.2, -0.15) is 0 Å². The molecule has 1 aliphatic rings. The zero-order chi connectivity index (χ0) is 13.1. The van der Waals surface area contributed by atoms with E-state index >= 15 is 0 Å². The van der Waals surface area contributed by atoms with Gasteiger partial charge in [0.25, 0.3) is 0 Å². The molecule has 0 amide bonds. The van der Waals surface area contributed by atoms with Crippen LogP contribution in [0.25, 0.3) is 0 Å². The van der Waals surface area contributed by atoms with Gasteiger partial charge in [0.2, 0.25) is 0 Å². The van der Waals surface area contributed by atoms with E-state index < -0.39 is 0 Å². The largest absolute Gasteiger partial charge is 0.508 e. The van der Waals surface area contributed by atoms with Crippen LogP contribution < -0.4 is 5.32 Å². The molecule has 0 bridgehead atoms. The molecule has 0 saturated carbocycles. The Morgan fingerprint density at radius 1 is 1.11 bits per heavy atom. The van der Waals surface area contributed by atoms with Gasteiger partial charge in [0.1, 0.15) is 5.75 Å². The number of para-hydroxylation sites is 1. The number of phenols is 1. The molecular formula is C16H17NOS. The summed E-state index contributed by atoms with van der Waals surface area (Å²) in [5.74, 6) is 1.52. The van der Waals surface area contributed by atoms with E-state index in [4.69, 9.17) is 0 Å². The Labute approximate surface area is 117 Å². The zero-order valence-electron chi connectivity index (χ0n) is 10.7. The number of phenolic OH excluding ortho intramolecular Hbond substituents is 1. The van der Waals surface area contributed by atoms with Gasteiger partial charge in [-0.25, -0.2) is 0 Å². The standard InChI is InChI=1S/C16H17NOS/c18-15-7-3-1-5-12(15)11-17-14-9-10-19-16-8-4-2-6-13(14)16/h1-8,14,17-18H,9-11H2. The summed E-state index contributed by atoms with van der Waals surface area (Å²) < 4.78 is 0. The normalized spacial score (nSPS) is 18.0. The van der Waals surface area contributed by atoms with Crippen LogP contribution >= 0.6 is 11.8 Å². The fraction of sp³-hybridized carbons (Fsp3) is 0.250. The Balaban J connectivity index is 1.73. The number of fused-ring (bicyclic) bond motifs is 1. The van der Waals surface area contributed by atoms with Gasteiger partial charge < -0.3 is 10.4 Å². The van der Waals surface area contributed by atoms with Gasteiger partial charge in [-0.1, -0.05) is 36.4 Å². The number of aromatic hydroxyl groups is 1. The second-order valence-electron chi connectivity index (χ2n) is 4.74. The van der Waals surface area contributed by atoms with Crippen LogP contribution in [0.15, 0.2) is 53.4 Å². The number of thioether (sulfide) groups is 1. The van der Waals surface area contributed by atoms with E-state index in [-0.39, 0.29) is 0 Å². The molecule has 2 aromatic rings. The van der Waals surface area contributed by atoms with Crippen molar-refractivity contribution in [2.75, 3.05) is 5.75 Å². The second kappa shape index (κ2) is 5.68. The molecule has 19 heavy (non-hydrogen) atoms.